The molecule has 3 aromatic carbocycles. The molecule has 8 heteroatoms. The highest BCUT2D eigenvalue weighted by molar-refractivity contribution is 9.10. The summed E-state index contributed by atoms with van der Waals surface area (Å²) in [6.07, 6.45) is 2.16. The molecule has 0 unspecified atom stereocenters. The van der Waals surface area contributed by atoms with E-state index in [4.69, 9.17) is 27.9 Å². The molecule has 2 amide bonds. The van der Waals surface area contributed by atoms with Gasteiger partial charge in [0.1, 0.15) is 11.8 Å². The smallest absolute Gasteiger partial charge is 0.261 e. The third-order valence-electron chi connectivity index (χ3n) is 6.23. The summed E-state index contributed by atoms with van der Waals surface area (Å²) in [7, 11) is 0. The van der Waals surface area contributed by atoms with Crippen molar-refractivity contribution in [2.45, 2.75) is 52.6 Å². The number of rotatable bonds is 12. The minimum Gasteiger partial charge on any atom is -0.484 e. The quantitative estimate of drug-likeness (QED) is 0.216. The fourth-order valence-corrected chi connectivity index (χ4v) is 4.81. The average molecular weight is 620 g/mol. The number of benzene rings is 3. The Morgan fingerprint density at radius 3 is 2.34 bits per heavy atom. The minimum atomic E-state index is -0.759. The van der Waals surface area contributed by atoms with Crippen LogP contribution in [0.2, 0.25) is 10.0 Å². The van der Waals surface area contributed by atoms with Gasteiger partial charge in [0.2, 0.25) is 5.91 Å². The van der Waals surface area contributed by atoms with Crippen LogP contribution in [0.3, 0.4) is 0 Å². The van der Waals surface area contributed by atoms with Gasteiger partial charge in [-0.3, -0.25) is 9.59 Å². The molecule has 0 saturated heterocycles. The second kappa shape index (κ2) is 14.6. The average Bonchev–Trinajstić information content (AvgIpc) is 2.89. The fraction of sp³-hybridized carbons (Fsp3) is 0.333. The van der Waals surface area contributed by atoms with Gasteiger partial charge in [0.15, 0.2) is 6.61 Å². The summed E-state index contributed by atoms with van der Waals surface area (Å²) in [5, 5.41) is 3.94. The monoisotopic (exact) mass is 618 g/mol. The van der Waals surface area contributed by atoms with Gasteiger partial charge in [-0.15, -0.1) is 0 Å². The number of ether oxygens (including phenoxy) is 1. The van der Waals surface area contributed by atoms with E-state index in [-0.39, 0.29) is 25.0 Å². The minimum absolute atomic E-state index is 0.134. The zero-order valence-electron chi connectivity index (χ0n) is 21.9. The molecule has 0 fully saturated rings. The van der Waals surface area contributed by atoms with Crippen molar-refractivity contribution in [1.82, 2.24) is 10.2 Å². The van der Waals surface area contributed by atoms with Crippen LogP contribution in [0, 0.1) is 13.8 Å². The van der Waals surface area contributed by atoms with E-state index in [9.17, 15) is 9.59 Å². The molecule has 0 aliphatic heterocycles. The molecule has 0 aliphatic rings. The predicted octanol–water partition coefficient (Wildman–Crippen LogP) is 7.31. The molecular formula is C30H33BrCl2N2O3. The summed E-state index contributed by atoms with van der Waals surface area (Å²) in [6.45, 7) is 6.45. The molecule has 0 saturated carbocycles. The first-order valence-electron chi connectivity index (χ1n) is 12.6. The molecule has 0 aliphatic carbocycles. The molecule has 5 nitrogen and oxygen atoms in total. The first-order valence-corrected chi connectivity index (χ1v) is 14.2. The van der Waals surface area contributed by atoms with E-state index in [2.05, 4.69) is 28.2 Å². The van der Waals surface area contributed by atoms with E-state index in [1.165, 1.54) is 0 Å². The normalized spacial score (nSPS) is 11.6. The molecule has 202 valence electrons. The number of hydrogen-bond acceptors (Lipinski definition) is 3. The van der Waals surface area contributed by atoms with Gasteiger partial charge in [0, 0.05) is 34.0 Å². The highest BCUT2D eigenvalue weighted by atomic mass is 79.9. The number of halogens is 3. The zero-order chi connectivity index (χ0) is 27.7. The van der Waals surface area contributed by atoms with Crippen LogP contribution in [0.5, 0.6) is 5.75 Å². The molecule has 0 heterocycles. The van der Waals surface area contributed by atoms with Crippen LogP contribution >= 0.6 is 39.1 Å². The van der Waals surface area contributed by atoms with Crippen LogP contribution in [0.25, 0.3) is 0 Å². The molecule has 0 radical (unpaired) electrons. The number of aryl methyl sites for hydroxylation is 2. The summed E-state index contributed by atoms with van der Waals surface area (Å²) in [4.78, 5) is 28.8. The van der Waals surface area contributed by atoms with Crippen molar-refractivity contribution in [2.24, 2.45) is 0 Å². The van der Waals surface area contributed by atoms with Crippen molar-refractivity contribution in [3.63, 3.8) is 0 Å². The van der Waals surface area contributed by atoms with Gasteiger partial charge in [0.25, 0.3) is 5.91 Å². The summed E-state index contributed by atoms with van der Waals surface area (Å²) < 4.78 is 6.94. The summed E-state index contributed by atoms with van der Waals surface area (Å²) >= 11 is 16.2. The van der Waals surface area contributed by atoms with Crippen LogP contribution in [0.4, 0.5) is 0 Å². The molecule has 0 aromatic heterocycles. The largest absolute Gasteiger partial charge is 0.484 e. The zero-order valence-corrected chi connectivity index (χ0v) is 25.0. The molecule has 0 spiro atoms. The third kappa shape index (κ3) is 8.48. The Kier molecular flexibility index (Phi) is 11.5. The molecule has 38 heavy (non-hydrogen) atoms. The van der Waals surface area contributed by atoms with Gasteiger partial charge in [-0.25, -0.2) is 0 Å². The van der Waals surface area contributed by atoms with E-state index in [0.717, 1.165) is 34.0 Å². The van der Waals surface area contributed by atoms with E-state index in [1.807, 2.05) is 56.3 Å². The Hall–Kier alpha value is -2.54. The van der Waals surface area contributed by atoms with Gasteiger partial charge in [-0.1, -0.05) is 88.9 Å². The van der Waals surface area contributed by atoms with E-state index >= 15 is 0 Å². The van der Waals surface area contributed by atoms with Crippen molar-refractivity contribution >= 4 is 50.9 Å². The van der Waals surface area contributed by atoms with Crippen molar-refractivity contribution in [2.75, 3.05) is 13.2 Å². The highest BCUT2D eigenvalue weighted by Gasteiger charge is 2.31. The molecular weight excluding hydrogens is 587 g/mol. The van der Waals surface area contributed by atoms with E-state index in [0.29, 0.717) is 34.3 Å². The topological polar surface area (TPSA) is 58.6 Å². The van der Waals surface area contributed by atoms with Crippen LogP contribution in [0.15, 0.2) is 65.1 Å². The number of nitrogens with zero attached hydrogens (tertiary/aromatic N) is 1. The van der Waals surface area contributed by atoms with E-state index < -0.39 is 6.04 Å². The number of carbonyl (C=O) groups excluding carboxylic acids is 2. The van der Waals surface area contributed by atoms with Crippen molar-refractivity contribution in [3.05, 3.63) is 97.4 Å². The maximum atomic E-state index is 13.7. The van der Waals surface area contributed by atoms with Gasteiger partial charge < -0.3 is 15.0 Å². The number of nitrogens with one attached hydrogen (secondary N) is 1. The molecule has 1 N–H and O–H groups in total. The SMILES string of the molecule is CCCCNC(=O)[C@@H](Cc1ccccc1)N(Cc1ccc(Cl)cc1Cl)C(=O)COc1cc(C)c(Br)c(C)c1. The van der Waals surface area contributed by atoms with Crippen LogP contribution in [0.1, 0.15) is 42.0 Å². The van der Waals surface area contributed by atoms with Crippen molar-refractivity contribution in [1.29, 1.82) is 0 Å². The lowest BCUT2D eigenvalue weighted by Crippen LogP contribution is -2.51. The Morgan fingerprint density at radius 1 is 1.03 bits per heavy atom. The summed E-state index contributed by atoms with van der Waals surface area (Å²) in [5.41, 5.74) is 3.66. The Bertz CT molecular complexity index is 1230. The lowest BCUT2D eigenvalue weighted by atomic mass is 10.0. The van der Waals surface area contributed by atoms with Crippen molar-refractivity contribution < 1.29 is 14.3 Å². The van der Waals surface area contributed by atoms with Crippen LogP contribution in [-0.2, 0) is 22.6 Å². The lowest BCUT2D eigenvalue weighted by molar-refractivity contribution is -0.142. The van der Waals surface area contributed by atoms with Crippen LogP contribution in [-0.4, -0.2) is 35.9 Å². The fourth-order valence-electron chi connectivity index (χ4n) is 4.11. The van der Waals surface area contributed by atoms with Gasteiger partial charge >= 0.3 is 0 Å². The van der Waals surface area contributed by atoms with Gasteiger partial charge in [-0.2, -0.15) is 0 Å². The maximum Gasteiger partial charge on any atom is 0.261 e. The molecule has 0 bridgehead atoms. The molecule has 3 rings (SSSR count). The second-order valence-electron chi connectivity index (χ2n) is 9.27. The highest BCUT2D eigenvalue weighted by Crippen LogP contribution is 2.27. The first kappa shape index (κ1) is 30.0. The predicted molar refractivity (Wildman–Crippen MR) is 158 cm³/mol. The van der Waals surface area contributed by atoms with Gasteiger partial charge in [0.05, 0.1) is 0 Å². The van der Waals surface area contributed by atoms with Crippen LogP contribution < -0.4 is 10.1 Å². The summed E-state index contributed by atoms with van der Waals surface area (Å²) in [6, 6.07) is 17.8. The number of amides is 2. The van der Waals surface area contributed by atoms with Crippen molar-refractivity contribution in [3.8, 4) is 5.75 Å². The Labute approximate surface area is 243 Å². The second-order valence-corrected chi connectivity index (χ2v) is 10.9. The summed E-state index contributed by atoms with van der Waals surface area (Å²) in [5.74, 6) is 0.0601. The lowest BCUT2D eigenvalue weighted by Gasteiger charge is -2.32. The standard InChI is InChI=1S/C30H33BrCl2N2O3/c1-4-5-13-34-30(37)27(16-22-9-7-6-8-10-22)35(18-23-11-12-24(32)17-26(23)33)28(36)19-38-25-14-20(2)29(31)21(3)15-25/h6-12,14-15,17,27H,4-5,13,16,18-19H2,1-3H3,(H,34,37)/t27-/m1/s1. The molecule has 3 aromatic rings. The van der Waals surface area contributed by atoms with Gasteiger partial charge in [-0.05, 0) is 66.8 Å². The van der Waals surface area contributed by atoms with E-state index in [1.54, 1.807) is 23.1 Å². The first-order chi connectivity index (χ1) is 18.2. The number of carbonyl (C=O) groups is 2. The Balaban J connectivity index is 1.93. The third-order valence-corrected chi connectivity index (χ3v) is 8.07. The maximum absolute atomic E-state index is 13.7. The molecule has 1 atom stereocenters. The number of hydrogen-bond donors (Lipinski definition) is 1. The number of unbranched alkanes of at least 4 members (excludes halogenated alkanes) is 1. The Morgan fingerprint density at radius 2 is 1.71 bits per heavy atom.